The Labute approximate surface area is 73.1 Å². The Kier molecular flexibility index (Phi) is 2.05. The van der Waals surface area contributed by atoms with E-state index in [1.807, 2.05) is 4.90 Å². The summed E-state index contributed by atoms with van der Waals surface area (Å²) in [7, 11) is 0. The average Bonchev–Trinajstić information content (AvgIpc) is 1.90. The second-order valence-corrected chi connectivity index (χ2v) is 4.13. The zero-order valence-corrected chi connectivity index (χ0v) is 7.55. The fourth-order valence-electron chi connectivity index (χ4n) is 1.77. The van der Waals surface area contributed by atoms with Crippen LogP contribution in [-0.2, 0) is 4.79 Å². The van der Waals surface area contributed by atoms with E-state index in [9.17, 15) is 4.79 Å². The number of carbonyl (C=O) groups excluding carboxylic acids is 1. The summed E-state index contributed by atoms with van der Waals surface area (Å²) in [6.45, 7) is 6.23. The minimum atomic E-state index is 0.361. The molecule has 0 radical (unpaired) electrons. The number of likely N-dealkylation sites (tertiary alicyclic amines) is 1. The van der Waals surface area contributed by atoms with Crippen LogP contribution in [0.25, 0.3) is 0 Å². The first-order valence-electron chi connectivity index (χ1n) is 4.74. The van der Waals surface area contributed by atoms with Gasteiger partial charge in [0.05, 0.1) is 0 Å². The van der Waals surface area contributed by atoms with E-state index in [1.165, 1.54) is 0 Å². The third-order valence-corrected chi connectivity index (χ3v) is 2.75. The van der Waals surface area contributed by atoms with Crippen molar-refractivity contribution < 1.29 is 4.79 Å². The molecule has 2 heterocycles. The molecule has 0 aromatic rings. The molecule has 3 heteroatoms. The Hall–Kier alpha value is -0.570. The molecule has 2 aliphatic rings. The quantitative estimate of drug-likeness (QED) is 0.633. The van der Waals surface area contributed by atoms with Crippen molar-refractivity contribution in [1.82, 2.24) is 10.2 Å². The average molecular weight is 168 g/mol. The fourth-order valence-corrected chi connectivity index (χ4v) is 1.77. The molecule has 2 fully saturated rings. The van der Waals surface area contributed by atoms with Crippen molar-refractivity contribution in [2.45, 2.75) is 13.3 Å². The highest BCUT2D eigenvalue weighted by atomic mass is 16.2. The van der Waals surface area contributed by atoms with Crippen LogP contribution < -0.4 is 5.32 Å². The lowest BCUT2D eigenvalue weighted by Gasteiger charge is -2.39. The number of rotatable bonds is 2. The summed E-state index contributed by atoms with van der Waals surface area (Å²) in [5.74, 6) is 1.71. The van der Waals surface area contributed by atoms with Crippen molar-refractivity contribution in [3.63, 3.8) is 0 Å². The van der Waals surface area contributed by atoms with Gasteiger partial charge in [0.25, 0.3) is 0 Å². The van der Waals surface area contributed by atoms with E-state index in [4.69, 9.17) is 0 Å². The Bertz CT molecular complexity index is 183. The molecule has 0 spiro atoms. The van der Waals surface area contributed by atoms with Gasteiger partial charge in [-0.3, -0.25) is 4.79 Å². The van der Waals surface area contributed by atoms with Crippen LogP contribution in [0.4, 0.5) is 0 Å². The molecule has 0 aromatic carbocycles. The summed E-state index contributed by atoms with van der Waals surface area (Å²) >= 11 is 0. The van der Waals surface area contributed by atoms with Crippen LogP contribution in [0.2, 0.25) is 0 Å². The molecule has 0 unspecified atom stereocenters. The predicted octanol–water partition coefficient (Wildman–Crippen LogP) is 0.0742. The number of nitrogens with zero attached hydrogens (tertiary/aromatic N) is 1. The zero-order chi connectivity index (χ0) is 8.55. The van der Waals surface area contributed by atoms with Crippen LogP contribution in [0.5, 0.6) is 0 Å². The van der Waals surface area contributed by atoms with Gasteiger partial charge in [-0.25, -0.2) is 0 Å². The van der Waals surface area contributed by atoms with Crippen LogP contribution >= 0.6 is 0 Å². The standard InChI is InChI=1S/C9H16N2O/c1-7-5-11(6-7)9(12)2-8-3-10-4-8/h7-8,10H,2-6H2,1H3. The molecule has 0 atom stereocenters. The van der Waals surface area contributed by atoms with E-state index in [2.05, 4.69) is 12.2 Å². The van der Waals surface area contributed by atoms with Gasteiger partial charge in [0.2, 0.25) is 5.91 Å². The lowest BCUT2D eigenvalue weighted by Crippen LogP contribution is -2.51. The molecule has 0 aromatic heterocycles. The molecule has 1 amide bonds. The van der Waals surface area contributed by atoms with Crippen LogP contribution in [0.3, 0.4) is 0 Å². The summed E-state index contributed by atoms with van der Waals surface area (Å²) < 4.78 is 0. The van der Waals surface area contributed by atoms with Crippen molar-refractivity contribution in [3.05, 3.63) is 0 Å². The van der Waals surface area contributed by atoms with Gasteiger partial charge in [-0.05, 0) is 24.9 Å². The van der Waals surface area contributed by atoms with Crippen molar-refractivity contribution in [1.29, 1.82) is 0 Å². The number of hydrogen-bond donors (Lipinski definition) is 1. The second kappa shape index (κ2) is 3.05. The fraction of sp³-hybridized carbons (Fsp3) is 0.889. The van der Waals surface area contributed by atoms with Crippen LogP contribution in [-0.4, -0.2) is 37.0 Å². The Balaban J connectivity index is 1.70. The molecular weight excluding hydrogens is 152 g/mol. The van der Waals surface area contributed by atoms with Crippen LogP contribution in [0.15, 0.2) is 0 Å². The third-order valence-electron chi connectivity index (χ3n) is 2.75. The molecule has 2 saturated heterocycles. The lowest BCUT2D eigenvalue weighted by atomic mass is 9.96. The number of nitrogens with one attached hydrogen (secondary N) is 1. The largest absolute Gasteiger partial charge is 0.342 e. The molecule has 3 nitrogen and oxygen atoms in total. The predicted molar refractivity (Wildman–Crippen MR) is 46.7 cm³/mol. The summed E-state index contributed by atoms with van der Waals surface area (Å²) in [5, 5.41) is 3.18. The normalized spacial score (nSPS) is 24.9. The Morgan fingerprint density at radius 2 is 2.17 bits per heavy atom. The van der Waals surface area contributed by atoms with E-state index >= 15 is 0 Å². The molecule has 68 valence electrons. The molecular formula is C9H16N2O. The summed E-state index contributed by atoms with van der Waals surface area (Å²) in [5.41, 5.74) is 0. The van der Waals surface area contributed by atoms with Gasteiger partial charge in [-0.1, -0.05) is 6.92 Å². The zero-order valence-electron chi connectivity index (χ0n) is 7.55. The molecule has 0 bridgehead atoms. The summed E-state index contributed by atoms with van der Waals surface area (Å²) in [6.07, 6.45) is 0.764. The van der Waals surface area contributed by atoms with Crippen molar-refractivity contribution in [2.75, 3.05) is 26.2 Å². The maximum Gasteiger partial charge on any atom is 0.222 e. The highest BCUT2D eigenvalue weighted by Crippen LogP contribution is 2.18. The van der Waals surface area contributed by atoms with Crippen LogP contribution in [0.1, 0.15) is 13.3 Å². The minimum Gasteiger partial charge on any atom is -0.342 e. The second-order valence-electron chi connectivity index (χ2n) is 4.13. The lowest BCUT2D eigenvalue weighted by molar-refractivity contribution is -0.138. The molecule has 12 heavy (non-hydrogen) atoms. The SMILES string of the molecule is CC1CN(C(=O)CC2CNC2)C1. The number of carbonyl (C=O) groups is 1. The number of amides is 1. The van der Waals surface area contributed by atoms with Gasteiger partial charge in [0.15, 0.2) is 0 Å². The van der Waals surface area contributed by atoms with E-state index < -0.39 is 0 Å². The molecule has 2 aliphatic heterocycles. The Morgan fingerprint density at radius 1 is 1.50 bits per heavy atom. The van der Waals surface area contributed by atoms with Gasteiger partial charge < -0.3 is 10.2 Å². The molecule has 0 aliphatic carbocycles. The van der Waals surface area contributed by atoms with E-state index in [0.717, 1.165) is 38.5 Å². The first-order chi connectivity index (χ1) is 5.75. The summed E-state index contributed by atoms with van der Waals surface area (Å²) in [6, 6.07) is 0. The molecule has 1 N–H and O–H groups in total. The van der Waals surface area contributed by atoms with Gasteiger partial charge in [0.1, 0.15) is 0 Å². The van der Waals surface area contributed by atoms with E-state index in [0.29, 0.717) is 11.8 Å². The first kappa shape index (κ1) is 8.05. The van der Waals surface area contributed by atoms with Crippen molar-refractivity contribution in [3.8, 4) is 0 Å². The Morgan fingerprint density at radius 3 is 2.58 bits per heavy atom. The van der Waals surface area contributed by atoms with Gasteiger partial charge in [-0.2, -0.15) is 0 Å². The first-order valence-corrected chi connectivity index (χ1v) is 4.74. The van der Waals surface area contributed by atoms with E-state index in [1.54, 1.807) is 0 Å². The minimum absolute atomic E-state index is 0.361. The molecule has 0 saturated carbocycles. The smallest absolute Gasteiger partial charge is 0.222 e. The number of hydrogen-bond acceptors (Lipinski definition) is 2. The maximum atomic E-state index is 11.5. The highest BCUT2D eigenvalue weighted by Gasteiger charge is 2.29. The summed E-state index contributed by atoms with van der Waals surface area (Å²) in [4.78, 5) is 13.4. The van der Waals surface area contributed by atoms with Gasteiger partial charge >= 0.3 is 0 Å². The molecule has 2 rings (SSSR count). The van der Waals surface area contributed by atoms with Crippen molar-refractivity contribution >= 4 is 5.91 Å². The van der Waals surface area contributed by atoms with E-state index in [-0.39, 0.29) is 0 Å². The van der Waals surface area contributed by atoms with Crippen LogP contribution in [0, 0.1) is 11.8 Å². The maximum absolute atomic E-state index is 11.5. The highest BCUT2D eigenvalue weighted by molar-refractivity contribution is 5.77. The van der Waals surface area contributed by atoms with Gasteiger partial charge in [-0.15, -0.1) is 0 Å². The monoisotopic (exact) mass is 168 g/mol. The van der Waals surface area contributed by atoms with Gasteiger partial charge in [0, 0.05) is 19.5 Å². The van der Waals surface area contributed by atoms with Crippen molar-refractivity contribution in [2.24, 2.45) is 11.8 Å². The topological polar surface area (TPSA) is 32.3 Å². The third kappa shape index (κ3) is 1.46.